The zero-order chi connectivity index (χ0) is 13.0. The van der Waals surface area contributed by atoms with Gasteiger partial charge in [-0.15, -0.1) is 23.2 Å². The van der Waals surface area contributed by atoms with E-state index in [1.807, 2.05) is 30.3 Å². The van der Waals surface area contributed by atoms with Crippen LogP contribution in [0.15, 0.2) is 42.5 Å². The lowest BCUT2D eigenvalue weighted by molar-refractivity contribution is 0.411. The van der Waals surface area contributed by atoms with Crippen molar-refractivity contribution in [3.8, 4) is 16.9 Å². The standard InChI is InChI=1S/C15H14Cl2O/c1-18-14-8-7-12(9-16)15(13(14)10-17)11-5-3-2-4-6-11/h2-8H,9-10H2,1H3. The van der Waals surface area contributed by atoms with Gasteiger partial charge >= 0.3 is 0 Å². The highest BCUT2D eigenvalue weighted by atomic mass is 35.5. The molecule has 0 aliphatic heterocycles. The minimum absolute atomic E-state index is 0.401. The summed E-state index contributed by atoms with van der Waals surface area (Å²) in [5.41, 5.74) is 4.26. The van der Waals surface area contributed by atoms with E-state index >= 15 is 0 Å². The highest BCUT2D eigenvalue weighted by Crippen LogP contribution is 2.35. The second-order valence-corrected chi connectivity index (χ2v) is 4.45. The third kappa shape index (κ3) is 2.47. The molecule has 0 aliphatic carbocycles. The van der Waals surface area contributed by atoms with Crippen molar-refractivity contribution in [1.29, 1.82) is 0 Å². The summed E-state index contributed by atoms with van der Waals surface area (Å²) in [6, 6.07) is 14.0. The van der Waals surface area contributed by atoms with E-state index in [1.165, 1.54) is 0 Å². The summed E-state index contributed by atoms with van der Waals surface area (Å²) in [7, 11) is 1.65. The molecule has 0 bridgehead atoms. The van der Waals surface area contributed by atoms with Crippen LogP contribution in [-0.4, -0.2) is 7.11 Å². The van der Waals surface area contributed by atoms with Crippen LogP contribution in [0.2, 0.25) is 0 Å². The molecular formula is C15H14Cl2O. The van der Waals surface area contributed by atoms with Crippen LogP contribution in [0.5, 0.6) is 5.75 Å². The molecule has 3 heteroatoms. The van der Waals surface area contributed by atoms with Gasteiger partial charge in [0.1, 0.15) is 5.75 Å². The van der Waals surface area contributed by atoms with Gasteiger partial charge in [0.05, 0.1) is 13.0 Å². The summed E-state index contributed by atoms with van der Waals surface area (Å²) in [4.78, 5) is 0. The van der Waals surface area contributed by atoms with Crippen LogP contribution in [0.1, 0.15) is 11.1 Å². The Morgan fingerprint density at radius 3 is 2.22 bits per heavy atom. The SMILES string of the molecule is COc1ccc(CCl)c(-c2ccccc2)c1CCl. The fraction of sp³-hybridized carbons (Fsp3) is 0.200. The van der Waals surface area contributed by atoms with Crippen LogP contribution in [0.4, 0.5) is 0 Å². The van der Waals surface area contributed by atoms with Gasteiger partial charge < -0.3 is 4.74 Å². The van der Waals surface area contributed by atoms with Gasteiger partial charge in [0.2, 0.25) is 0 Å². The van der Waals surface area contributed by atoms with Gasteiger partial charge in [-0.1, -0.05) is 36.4 Å². The summed E-state index contributed by atoms with van der Waals surface area (Å²) in [5.74, 6) is 1.66. The van der Waals surface area contributed by atoms with E-state index in [9.17, 15) is 0 Å². The molecule has 0 heterocycles. The maximum absolute atomic E-state index is 6.07. The molecule has 0 aliphatic rings. The maximum Gasteiger partial charge on any atom is 0.123 e. The summed E-state index contributed by atoms with van der Waals surface area (Å²) in [6.45, 7) is 0. The van der Waals surface area contributed by atoms with Gasteiger partial charge in [0.25, 0.3) is 0 Å². The Morgan fingerprint density at radius 1 is 0.944 bits per heavy atom. The maximum atomic E-state index is 6.07. The molecule has 2 aromatic rings. The molecule has 0 aromatic heterocycles. The Labute approximate surface area is 117 Å². The Kier molecular flexibility index (Phi) is 4.51. The fourth-order valence-electron chi connectivity index (χ4n) is 2.08. The Bertz CT molecular complexity index is 524. The molecule has 0 radical (unpaired) electrons. The van der Waals surface area contributed by atoms with Crippen LogP contribution in [0.3, 0.4) is 0 Å². The predicted molar refractivity (Wildman–Crippen MR) is 77.5 cm³/mol. The van der Waals surface area contributed by atoms with E-state index in [0.717, 1.165) is 28.0 Å². The first-order chi connectivity index (χ1) is 8.81. The smallest absolute Gasteiger partial charge is 0.123 e. The Morgan fingerprint density at radius 2 is 1.67 bits per heavy atom. The van der Waals surface area contributed by atoms with E-state index in [1.54, 1.807) is 7.11 Å². The minimum atomic E-state index is 0.401. The van der Waals surface area contributed by atoms with Gasteiger partial charge in [0, 0.05) is 11.4 Å². The van der Waals surface area contributed by atoms with Gasteiger partial charge in [-0.2, -0.15) is 0 Å². The van der Waals surface area contributed by atoms with Crippen molar-refractivity contribution in [3.05, 3.63) is 53.6 Å². The van der Waals surface area contributed by atoms with Crippen LogP contribution >= 0.6 is 23.2 Å². The fourth-order valence-corrected chi connectivity index (χ4v) is 2.56. The topological polar surface area (TPSA) is 9.23 Å². The highest BCUT2D eigenvalue weighted by molar-refractivity contribution is 6.19. The average molecular weight is 281 g/mol. The molecule has 0 amide bonds. The summed E-state index contributed by atoms with van der Waals surface area (Å²) in [5, 5.41) is 0. The number of alkyl halides is 2. The summed E-state index contributed by atoms with van der Waals surface area (Å²) >= 11 is 12.1. The molecule has 2 rings (SSSR count). The van der Waals surface area contributed by atoms with Gasteiger partial charge in [-0.25, -0.2) is 0 Å². The molecule has 0 saturated carbocycles. The number of benzene rings is 2. The number of hydrogen-bond acceptors (Lipinski definition) is 1. The van der Waals surface area contributed by atoms with Gasteiger partial charge in [-0.3, -0.25) is 0 Å². The van der Waals surface area contributed by atoms with Crippen LogP contribution in [0, 0.1) is 0 Å². The van der Waals surface area contributed by atoms with Crippen LogP contribution < -0.4 is 4.74 Å². The van der Waals surface area contributed by atoms with Crippen molar-refractivity contribution in [2.24, 2.45) is 0 Å². The second kappa shape index (κ2) is 6.12. The van der Waals surface area contributed by atoms with Gasteiger partial charge in [0.15, 0.2) is 0 Å². The molecule has 0 unspecified atom stereocenters. The number of ether oxygens (including phenoxy) is 1. The van der Waals surface area contributed by atoms with E-state index in [0.29, 0.717) is 11.8 Å². The Balaban J connectivity index is 2.69. The van der Waals surface area contributed by atoms with Crippen molar-refractivity contribution in [1.82, 2.24) is 0 Å². The molecule has 0 spiro atoms. The summed E-state index contributed by atoms with van der Waals surface area (Å²) < 4.78 is 5.37. The normalized spacial score (nSPS) is 10.4. The third-order valence-electron chi connectivity index (χ3n) is 2.92. The lowest BCUT2D eigenvalue weighted by Gasteiger charge is -2.15. The van der Waals surface area contributed by atoms with Crippen molar-refractivity contribution >= 4 is 23.2 Å². The van der Waals surface area contributed by atoms with E-state index in [4.69, 9.17) is 27.9 Å². The van der Waals surface area contributed by atoms with Gasteiger partial charge in [-0.05, 0) is 22.8 Å². The van der Waals surface area contributed by atoms with Crippen molar-refractivity contribution in [2.75, 3.05) is 7.11 Å². The Hall–Kier alpha value is -1.18. The van der Waals surface area contributed by atoms with E-state index in [-0.39, 0.29) is 0 Å². The van der Waals surface area contributed by atoms with Crippen molar-refractivity contribution in [3.63, 3.8) is 0 Å². The summed E-state index contributed by atoms with van der Waals surface area (Å²) in [6.07, 6.45) is 0. The largest absolute Gasteiger partial charge is 0.496 e. The molecular weight excluding hydrogens is 267 g/mol. The first-order valence-electron chi connectivity index (χ1n) is 5.68. The zero-order valence-corrected chi connectivity index (χ0v) is 11.6. The average Bonchev–Trinajstić information content (AvgIpc) is 2.46. The molecule has 0 N–H and O–H groups in total. The van der Waals surface area contributed by atoms with E-state index < -0.39 is 0 Å². The molecule has 18 heavy (non-hydrogen) atoms. The number of halogens is 2. The predicted octanol–water partition coefficient (Wildman–Crippen LogP) is 4.84. The quantitative estimate of drug-likeness (QED) is 0.729. The molecule has 0 saturated heterocycles. The zero-order valence-electron chi connectivity index (χ0n) is 10.1. The van der Waals surface area contributed by atoms with Crippen LogP contribution in [0.25, 0.3) is 11.1 Å². The number of methoxy groups -OCH3 is 1. The molecule has 0 atom stereocenters. The monoisotopic (exact) mass is 280 g/mol. The molecule has 1 nitrogen and oxygen atoms in total. The van der Waals surface area contributed by atoms with Crippen molar-refractivity contribution in [2.45, 2.75) is 11.8 Å². The third-order valence-corrected chi connectivity index (χ3v) is 3.47. The number of hydrogen-bond donors (Lipinski definition) is 0. The first-order valence-corrected chi connectivity index (χ1v) is 6.74. The molecule has 2 aromatic carbocycles. The number of rotatable bonds is 4. The van der Waals surface area contributed by atoms with E-state index in [2.05, 4.69) is 12.1 Å². The lowest BCUT2D eigenvalue weighted by atomic mass is 9.95. The highest BCUT2D eigenvalue weighted by Gasteiger charge is 2.14. The lowest BCUT2D eigenvalue weighted by Crippen LogP contribution is -1.97. The molecule has 94 valence electrons. The minimum Gasteiger partial charge on any atom is -0.496 e. The second-order valence-electron chi connectivity index (χ2n) is 3.91. The first kappa shape index (κ1) is 13.3. The van der Waals surface area contributed by atoms with Crippen molar-refractivity contribution < 1.29 is 4.74 Å². The molecule has 0 fully saturated rings. The van der Waals surface area contributed by atoms with Crippen LogP contribution in [-0.2, 0) is 11.8 Å².